The van der Waals surface area contributed by atoms with Crippen LogP contribution in [-0.2, 0) is 0 Å². The molecule has 0 bridgehead atoms. The van der Waals surface area contributed by atoms with Gasteiger partial charge < -0.3 is 9.47 Å². The van der Waals surface area contributed by atoms with Crippen LogP contribution in [-0.4, -0.2) is 4.57 Å². The monoisotopic (exact) mass is 662 g/mol. The number of hydrogen-bond acceptors (Lipinski definition) is 1. The third kappa shape index (κ3) is 4.96. The second-order valence-corrected chi connectivity index (χ2v) is 13.3. The second kappa shape index (κ2) is 12.5. The van der Waals surface area contributed by atoms with Crippen molar-refractivity contribution in [1.29, 1.82) is 0 Å². The van der Waals surface area contributed by atoms with Crippen LogP contribution in [0.1, 0.15) is 0 Å². The number of para-hydroxylation sites is 2. The molecule has 0 atom stereocenters. The van der Waals surface area contributed by atoms with Gasteiger partial charge in [-0.15, -0.1) is 0 Å². The van der Waals surface area contributed by atoms with E-state index < -0.39 is 0 Å². The first-order valence-electron chi connectivity index (χ1n) is 17.9. The Bertz CT molecular complexity index is 2860. The fourth-order valence-electron chi connectivity index (χ4n) is 7.99. The van der Waals surface area contributed by atoms with Gasteiger partial charge in [0.15, 0.2) is 0 Å². The molecule has 0 unspecified atom stereocenters. The highest BCUT2D eigenvalue weighted by atomic mass is 15.1. The van der Waals surface area contributed by atoms with Crippen molar-refractivity contribution >= 4 is 60.4 Å². The molecule has 244 valence electrons. The minimum absolute atomic E-state index is 1.11. The van der Waals surface area contributed by atoms with E-state index in [1.165, 1.54) is 65.6 Å². The van der Waals surface area contributed by atoms with Crippen molar-refractivity contribution in [3.8, 4) is 27.9 Å². The Balaban J connectivity index is 1.17. The lowest BCUT2D eigenvalue weighted by Crippen LogP contribution is -2.10. The smallest absolute Gasteiger partial charge is 0.0547 e. The van der Waals surface area contributed by atoms with Crippen LogP contribution in [0.3, 0.4) is 0 Å². The van der Waals surface area contributed by atoms with Gasteiger partial charge in [-0.05, 0) is 93.0 Å². The summed E-state index contributed by atoms with van der Waals surface area (Å²) in [5, 5.41) is 7.47. The molecule has 0 fully saturated rings. The van der Waals surface area contributed by atoms with Gasteiger partial charge in [-0.3, -0.25) is 0 Å². The van der Waals surface area contributed by atoms with Gasteiger partial charge in [-0.2, -0.15) is 0 Å². The summed E-state index contributed by atoms with van der Waals surface area (Å²) in [7, 11) is 0. The lowest BCUT2D eigenvalue weighted by Gasteiger charge is -2.27. The summed E-state index contributed by atoms with van der Waals surface area (Å²) in [6.07, 6.45) is 0. The quantitative estimate of drug-likeness (QED) is 0.172. The zero-order valence-electron chi connectivity index (χ0n) is 28.5. The van der Waals surface area contributed by atoms with Crippen LogP contribution in [0.15, 0.2) is 206 Å². The molecule has 52 heavy (non-hydrogen) atoms. The van der Waals surface area contributed by atoms with Crippen molar-refractivity contribution in [2.24, 2.45) is 0 Å². The Kier molecular flexibility index (Phi) is 7.18. The highest BCUT2D eigenvalue weighted by Gasteiger charge is 2.20. The summed E-state index contributed by atoms with van der Waals surface area (Å²) >= 11 is 0. The number of fused-ring (bicyclic) bond motifs is 6. The SMILES string of the molecule is c1ccc(-c2ccc(N(c3ccc(-c4cccc5ccccc45)cc3)c3cccc4c3ccc3c4c4ccccc4n3-c3ccccc3)cc2)cc1. The molecule has 0 saturated carbocycles. The molecule has 0 radical (unpaired) electrons. The van der Waals surface area contributed by atoms with Gasteiger partial charge in [0.1, 0.15) is 0 Å². The molecule has 10 aromatic rings. The van der Waals surface area contributed by atoms with Gasteiger partial charge in [0.05, 0.1) is 16.7 Å². The summed E-state index contributed by atoms with van der Waals surface area (Å²) in [6.45, 7) is 0. The topological polar surface area (TPSA) is 8.17 Å². The van der Waals surface area contributed by atoms with E-state index in [4.69, 9.17) is 0 Å². The molecule has 1 aromatic heterocycles. The Labute approximate surface area is 303 Å². The molecule has 0 aliphatic heterocycles. The van der Waals surface area contributed by atoms with Crippen LogP contribution < -0.4 is 4.90 Å². The van der Waals surface area contributed by atoms with E-state index in [9.17, 15) is 0 Å². The van der Waals surface area contributed by atoms with Crippen LogP contribution >= 0.6 is 0 Å². The third-order valence-electron chi connectivity index (χ3n) is 10.4. The largest absolute Gasteiger partial charge is 0.310 e. The third-order valence-corrected chi connectivity index (χ3v) is 10.4. The van der Waals surface area contributed by atoms with Crippen molar-refractivity contribution in [3.05, 3.63) is 206 Å². The number of benzene rings is 9. The van der Waals surface area contributed by atoms with E-state index in [1.807, 2.05) is 0 Å². The Morgan fingerprint density at radius 2 is 0.904 bits per heavy atom. The number of aromatic nitrogens is 1. The highest BCUT2D eigenvalue weighted by Crippen LogP contribution is 2.44. The van der Waals surface area contributed by atoms with Crippen molar-refractivity contribution in [3.63, 3.8) is 0 Å². The van der Waals surface area contributed by atoms with Crippen molar-refractivity contribution in [2.75, 3.05) is 4.90 Å². The molecular formula is C50H34N2. The lowest BCUT2D eigenvalue weighted by molar-refractivity contribution is 1.18. The molecule has 0 aliphatic carbocycles. The van der Waals surface area contributed by atoms with Gasteiger partial charge in [0.25, 0.3) is 0 Å². The lowest BCUT2D eigenvalue weighted by atomic mass is 9.97. The summed E-state index contributed by atoms with van der Waals surface area (Å²) in [6, 6.07) is 74.6. The standard InChI is InChI=1S/C50H34N2/c1-3-13-35(14-4-1)36-25-29-40(30-26-36)51(41-31-27-38(28-32-41)43-21-11-16-37-15-7-8-19-42(37)43)47-24-12-22-45-44(47)33-34-49-50(45)46-20-9-10-23-48(46)52(49)39-17-5-2-6-18-39/h1-34H. The average Bonchev–Trinajstić information content (AvgIpc) is 3.57. The van der Waals surface area contributed by atoms with Crippen LogP contribution in [0.2, 0.25) is 0 Å². The first kappa shape index (κ1) is 30.0. The van der Waals surface area contributed by atoms with Crippen LogP contribution in [0.25, 0.3) is 71.3 Å². The molecule has 0 aliphatic rings. The number of anilines is 3. The molecule has 0 spiro atoms. The predicted molar refractivity (Wildman–Crippen MR) is 221 cm³/mol. The van der Waals surface area contributed by atoms with Gasteiger partial charge in [-0.25, -0.2) is 0 Å². The highest BCUT2D eigenvalue weighted by molar-refractivity contribution is 6.23. The molecule has 1 heterocycles. The molecule has 0 N–H and O–H groups in total. The zero-order chi connectivity index (χ0) is 34.4. The fraction of sp³-hybridized carbons (Fsp3) is 0. The van der Waals surface area contributed by atoms with Gasteiger partial charge in [-0.1, -0.05) is 152 Å². The average molecular weight is 663 g/mol. The van der Waals surface area contributed by atoms with Crippen LogP contribution in [0, 0.1) is 0 Å². The predicted octanol–water partition coefficient (Wildman–Crippen LogP) is 13.9. The molecule has 0 saturated heterocycles. The molecule has 9 aromatic carbocycles. The van der Waals surface area contributed by atoms with E-state index in [2.05, 4.69) is 216 Å². The molecule has 0 amide bonds. The summed E-state index contributed by atoms with van der Waals surface area (Å²) in [4.78, 5) is 2.41. The Morgan fingerprint density at radius 3 is 1.67 bits per heavy atom. The van der Waals surface area contributed by atoms with Crippen molar-refractivity contribution in [2.45, 2.75) is 0 Å². The maximum absolute atomic E-state index is 2.41. The van der Waals surface area contributed by atoms with E-state index in [0.717, 1.165) is 22.7 Å². The molecule has 2 nitrogen and oxygen atoms in total. The van der Waals surface area contributed by atoms with E-state index in [-0.39, 0.29) is 0 Å². The first-order chi connectivity index (χ1) is 25.8. The maximum Gasteiger partial charge on any atom is 0.0547 e. The second-order valence-electron chi connectivity index (χ2n) is 13.3. The summed E-state index contributed by atoms with van der Waals surface area (Å²) < 4.78 is 2.39. The molecular weight excluding hydrogens is 629 g/mol. The van der Waals surface area contributed by atoms with Gasteiger partial charge in [0, 0.05) is 33.2 Å². The van der Waals surface area contributed by atoms with E-state index >= 15 is 0 Å². The fourth-order valence-corrected chi connectivity index (χ4v) is 7.99. The van der Waals surface area contributed by atoms with Crippen LogP contribution in [0.4, 0.5) is 17.1 Å². The Hall–Kier alpha value is -6.90. The first-order valence-corrected chi connectivity index (χ1v) is 17.9. The molecule has 2 heteroatoms. The zero-order valence-corrected chi connectivity index (χ0v) is 28.5. The van der Waals surface area contributed by atoms with Crippen molar-refractivity contribution in [1.82, 2.24) is 4.57 Å². The Morgan fingerprint density at radius 1 is 0.327 bits per heavy atom. The number of rotatable bonds is 6. The number of nitrogens with zero attached hydrogens (tertiary/aromatic N) is 2. The minimum Gasteiger partial charge on any atom is -0.310 e. The summed E-state index contributed by atoms with van der Waals surface area (Å²) in [5.74, 6) is 0. The van der Waals surface area contributed by atoms with E-state index in [1.54, 1.807) is 0 Å². The maximum atomic E-state index is 2.41. The van der Waals surface area contributed by atoms with Crippen molar-refractivity contribution < 1.29 is 0 Å². The molecule has 10 rings (SSSR count). The number of hydrogen-bond donors (Lipinski definition) is 0. The van der Waals surface area contributed by atoms with Gasteiger partial charge in [0.2, 0.25) is 0 Å². The normalized spacial score (nSPS) is 11.5. The van der Waals surface area contributed by atoms with Gasteiger partial charge >= 0.3 is 0 Å². The van der Waals surface area contributed by atoms with Crippen LogP contribution in [0.5, 0.6) is 0 Å². The van der Waals surface area contributed by atoms with E-state index in [0.29, 0.717) is 0 Å². The minimum atomic E-state index is 1.11. The summed E-state index contributed by atoms with van der Waals surface area (Å²) in [5.41, 5.74) is 11.8.